The predicted molar refractivity (Wildman–Crippen MR) is 128 cm³/mol. The summed E-state index contributed by atoms with van der Waals surface area (Å²) in [4.78, 5) is 15.0. The van der Waals surface area contributed by atoms with Crippen molar-refractivity contribution in [1.82, 2.24) is 0 Å². The van der Waals surface area contributed by atoms with Gasteiger partial charge in [0.1, 0.15) is 11.6 Å². The molecule has 0 bridgehead atoms. The lowest BCUT2D eigenvalue weighted by Crippen LogP contribution is -2.42. The molecular weight excluding hydrogens is 516 g/mol. The average molecular weight is 535 g/mol. The van der Waals surface area contributed by atoms with Gasteiger partial charge in [-0.3, -0.25) is 9.69 Å². The first-order valence-electron chi connectivity index (χ1n) is 9.90. The number of halogens is 4. The number of nitrogens with two attached hydrogens (primary N) is 1. The van der Waals surface area contributed by atoms with Crippen LogP contribution in [0.1, 0.15) is 38.2 Å². The van der Waals surface area contributed by atoms with Crippen molar-refractivity contribution in [2.75, 3.05) is 4.90 Å². The summed E-state index contributed by atoms with van der Waals surface area (Å²) in [7, 11) is 0. The van der Waals surface area contributed by atoms with Crippen molar-refractivity contribution in [3.05, 3.63) is 85.0 Å². The zero-order valence-corrected chi connectivity index (χ0v) is 20.4. The fraction of sp³-hybridized carbons (Fsp3) is 0.250. The highest BCUT2D eigenvalue weighted by molar-refractivity contribution is 9.10. The molecule has 0 aromatic heterocycles. The van der Waals surface area contributed by atoms with Crippen molar-refractivity contribution < 1.29 is 9.18 Å². The van der Waals surface area contributed by atoms with E-state index in [1.54, 1.807) is 30.3 Å². The fourth-order valence-corrected chi connectivity index (χ4v) is 5.34. The molecule has 0 saturated heterocycles. The van der Waals surface area contributed by atoms with Crippen LogP contribution >= 0.6 is 39.1 Å². The Kier molecular flexibility index (Phi) is 5.87. The zero-order chi connectivity index (χ0) is 23.4. The number of ketones is 1. The zero-order valence-electron chi connectivity index (χ0n) is 17.3. The third kappa shape index (κ3) is 3.83. The summed E-state index contributed by atoms with van der Waals surface area (Å²) in [6.45, 7) is 3.96. The van der Waals surface area contributed by atoms with E-state index in [0.29, 0.717) is 44.2 Å². The van der Waals surface area contributed by atoms with Gasteiger partial charge in [-0.1, -0.05) is 59.0 Å². The Morgan fingerprint density at radius 1 is 1.22 bits per heavy atom. The van der Waals surface area contributed by atoms with Gasteiger partial charge >= 0.3 is 0 Å². The molecule has 8 heteroatoms. The van der Waals surface area contributed by atoms with Gasteiger partial charge in [0.05, 0.1) is 23.2 Å². The maximum atomic E-state index is 15.0. The predicted octanol–water partition coefficient (Wildman–Crippen LogP) is 6.84. The highest BCUT2D eigenvalue weighted by atomic mass is 79.9. The lowest BCUT2D eigenvalue weighted by molar-refractivity contribution is -0.118. The number of nitrogens with zero attached hydrogens (tertiary/aromatic N) is 2. The molecule has 1 heterocycles. The lowest BCUT2D eigenvalue weighted by atomic mass is 9.68. The van der Waals surface area contributed by atoms with E-state index < -0.39 is 11.7 Å². The van der Waals surface area contributed by atoms with Gasteiger partial charge in [-0.15, -0.1) is 0 Å². The lowest BCUT2D eigenvalue weighted by Gasteiger charge is -2.44. The van der Waals surface area contributed by atoms with E-state index >= 15 is 4.39 Å². The van der Waals surface area contributed by atoms with Crippen molar-refractivity contribution in [2.45, 2.75) is 32.6 Å². The number of anilines is 1. The summed E-state index contributed by atoms with van der Waals surface area (Å²) in [5.74, 6) is -1.31. The van der Waals surface area contributed by atoms with E-state index in [4.69, 9.17) is 28.9 Å². The van der Waals surface area contributed by atoms with E-state index in [-0.39, 0.29) is 28.3 Å². The first kappa shape index (κ1) is 22.8. The summed E-state index contributed by atoms with van der Waals surface area (Å²) in [6.07, 6.45) is 0.771. The van der Waals surface area contributed by atoms with Gasteiger partial charge < -0.3 is 5.73 Å². The number of rotatable bonds is 2. The normalized spacial score (nSPS) is 20.3. The molecule has 32 heavy (non-hydrogen) atoms. The number of nitriles is 1. The van der Waals surface area contributed by atoms with Crippen LogP contribution in [0.2, 0.25) is 10.0 Å². The second-order valence-electron chi connectivity index (χ2n) is 8.74. The molecule has 4 nitrogen and oxygen atoms in total. The Morgan fingerprint density at radius 3 is 2.56 bits per heavy atom. The third-order valence-corrected chi connectivity index (χ3v) is 6.86. The number of carbonyl (C=O) groups is 1. The number of hydrogen-bond acceptors (Lipinski definition) is 4. The monoisotopic (exact) mass is 533 g/mol. The largest absolute Gasteiger partial charge is 0.384 e. The van der Waals surface area contributed by atoms with Crippen molar-refractivity contribution in [3.8, 4) is 6.07 Å². The number of allylic oxidation sites excluding steroid dienone is 3. The van der Waals surface area contributed by atoms with Crippen molar-refractivity contribution >= 4 is 50.6 Å². The van der Waals surface area contributed by atoms with Crippen LogP contribution in [0.5, 0.6) is 0 Å². The average Bonchev–Trinajstić information content (AvgIpc) is 2.68. The SMILES string of the molecule is CC1(C)CC(=O)C2=C(C1)N(c1ccc(Br)cc1F)C(N)=C(C#N)[C@H]2c1ccc(Cl)cc1Cl. The minimum atomic E-state index is -0.752. The highest BCUT2D eigenvalue weighted by Gasteiger charge is 2.45. The molecule has 1 aliphatic carbocycles. The minimum absolute atomic E-state index is 0.0778. The highest BCUT2D eigenvalue weighted by Crippen LogP contribution is 2.51. The maximum absolute atomic E-state index is 15.0. The van der Waals surface area contributed by atoms with E-state index in [9.17, 15) is 10.1 Å². The molecule has 2 aromatic carbocycles. The van der Waals surface area contributed by atoms with Gasteiger partial charge in [-0.25, -0.2) is 4.39 Å². The summed E-state index contributed by atoms with van der Waals surface area (Å²) in [5.41, 5.74) is 8.03. The molecule has 0 unspecified atom stereocenters. The Hall–Kier alpha value is -2.33. The van der Waals surface area contributed by atoms with Crippen LogP contribution in [0.4, 0.5) is 10.1 Å². The van der Waals surface area contributed by atoms with E-state index in [2.05, 4.69) is 22.0 Å². The minimum Gasteiger partial charge on any atom is -0.384 e. The van der Waals surface area contributed by atoms with Crippen molar-refractivity contribution in [3.63, 3.8) is 0 Å². The molecule has 0 radical (unpaired) electrons. The molecule has 0 amide bonds. The number of hydrogen-bond donors (Lipinski definition) is 1. The van der Waals surface area contributed by atoms with Gasteiger partial charge in [0.15, 0.2) is 5.78 Å². The molecule has 0 spiro atoms. The van der Waals surface area contributed by atoms with E-state index in [0.717, 1.165) is 0 Å². The smallest absolute Gasteiger partial charge is 0.162 e. The second kappa shape index (κ2) is 8.22. The van der Waals surface area contributed by atoms with Crippen molar-refractivity contribution in [2.24, 2.45) is 11.1 Å². The molecule has 164 valence electrons. The first-order chi connectivity index (χ1) is 15.0. The topological polar surface area (TPSA) is 70.1 Å². The van der Waals surface area contributed by atoms with Gasteiger partial charge in [-0.2, -0.15) is 5.26 Å². The van der Waals surface area contributed by atoms with Crippen LogP contribution in [0.3, 0.4) is 0 Å². The molecule has 1 atom stereocenters. The Bertz CT molecular complexity index is 1260. The summed E-state index contributed by atoms with van der Waals surface area (Å²) in [6, 6.07) is 11.7. The molecule has 2 aliphatic rings. The molecule has 1 aliphatic heterocycles. The van der Waals surface area contributed by atoms with Crippen LogP contribution in [0.15, 0.2) is 63.5 Å². The van der Waals surface area contributed by atoms with Gasteiger partial charge in [0.25, 0.3) is 0 Å². The van der Waals surface area contributed by atoms with E-state index in [1.165, 1.54) is 11.0 Å². The fourth-order valence-electron chi connectivity index (χ4n) is 4.49. The molecule has 4 rings (SSSR count). The van der Waals surface area contributed by atoms with Crippen LogP contribution in [-0.4, -0.2) is 5.78 Å². The molecule has 2 aromatic rings. The maximum Gasteiger partial charge on any atom is 0.162 e. The van der Waals surface area contributed by atoms with Crippen LogP contribution in [-0.2, 0) is 4.79 Å². The van der Waals surface area contributed by atoms with Gasteiger partial charge in [0, 0.05) is 32.2 Å². The summed E-state index contributed by atoms with van der Waals surface area (Å²) in [5, 5.41) is 10.8. The summed E-state index contributed by atoms with van der Waals surface area (Å²) < 4.78 is 15.6. The molecule has 2 N–H and O–H groups in total. The Morgan fingerprint density at radius 2 is 1.94 bits per heavy atom. The van der Waals surface area contributed by atoms with Crippen molar-refractivity contribution in [1.29, 1.82) is 5.26 Å². The van der Waals surface area contributed by atoms with Gasteiger partial charge in [0.2, 0.25) is 0 Å². The third-order valence-electron chi connectivity index (χ3n) is 5.81. The van der Waals surface area contributed by atoms with Gasteiger partial charge in [-0.05, 0) is 47.7 Å². The number of Topliss-reactive ketones (excluding diaryl/α,β-unsaturated/α-hetero) is 1. The van der Waals surface area contributed by atoms with Crippen LogP contribution < -0.4 is 10.6 Å². The van der Waals surface area contributed by atoms with Crippen LogP contribution in [0, 0.1) is 22.6 Å². The van der Waals surface area contributed by atoms with Crippen LogP contribution in [0.25, 0.3) is 0 Å². The first-order valence-corrected chi connectivity index (χ1v) is 11.4. The number of benzene rings is 2. The molecular formula is C24H19BrCl2FN3O. The Labute approximate surface area is 204 Å². The Balaban J connectivity index is 2.04. The summed E-state index contributed by atoms with van der Waals surface area (Å²) >= 11 is 15.8. The quantitative estimate of drug-likeness (QED) is 0.458. The molecule has 0 fully saturated rings. The standard InChI is InChI=1S/C24H19BrCl2FN3O/c1-24(2)9-19-22(20(32)10-24)21(14-5-4-13(26)8-16(14)27)15(11-29)23(30)31(19)18-6-3-12(25)7-17(18)28/h3-8,21H,9-10,30H2,1-2H3/t21-/m1/s1. The second-order valence-corrected chi connectivity index (χ2v) is 10.5. The van der Waals surface area contributed by atoms with E-state index in [1.807, 2.05) is 13.8 Å². The molecule has 0 saturated carbocycles. The number of carbonyl (C=O) groups excluding carboxylic acids is 1.